The van der Waals surface area contributed by atoms with E-state index in [4.69, 9.17) is 0 Å². The molecule has 0 saturated heterocycles. The van der Waals surface area contributed by atoms with Gasteiger partial charge < -0.3 is 14.9 Å². The monoisotopic (exact) mass is 184 g/mol. The second-order valence-electron chi connectivity index (χ2n) is 3.73. The van der Waals surface area contributed by atoms with Crippen LogP contribution in [-0.4, -0.2) is 22.4 Å². The molecule has 0 aliphatic heterocycles. The van der Waals surface area contributed by atoms with Crippen molar-refractivity contribution in [1.82, 2.24) is 10.5 Å². The Morgan fingerprint density at radius 2 is 2.38 bits per heavy atom. The fraction of sp³-hybridized carbons (Fsp3) is 0.667. The first-order valence-corrected chi connectivity index (χ1v) is 4.40. The lowest BCUT2D eigenvalue weighted by Crippen LogP contribution is -2.26. The maximum absolute atomic E-state index is 9.40. The molecule has 0 aromatic carbocycles. The van der Waals surface area contributed by atoms with Crippen LogP contribution in [0.25, 0.3) is 0 Å². The van der Waals surface area contributed by atoms with Crippen LogP contribution in [0.5, 0.6) is 0 Å². The lowest BCUT2D eigenvalue weighted by atomic mass is 10.1. The summed E-state index contributed by atoms with van der Waals surface area (Å²) in [7, 11) is 0. The van der Waals surface area contributed by atoms with Crippen molar-refractivity contribution >= 4 is 0 Å². The van der Waals surface area contributed by atoms with Gasteiger partial charge in [0.05, 0.1) is 11.3 Å². The minimum atomic E-state index is -0.600. The third-order valence-corrected chi connectivity index (χ3v) is 1.71. The van der Waals surface area contributed by atoms with Gasteiger partial charge in [0.2, 0.25) is 0 Å². The summed E-state index contributed by atoms with van der Waals surface area (Å²) in [5, 5.41) is 16.3. The topological polar surface area (TPSA) is 58.3 Å². The average Bonchev–Trinajstić information content (AvgIpc) is 2.48. The van der Waals surface area contributed by atoms with Crippen molar-refractivity contribution in [3.63, 3.8) is 0 Å². The van der Waals surface area contributed by atoms with Gasteiger partial charge in [-0.25, -0.2) is 0 Å². The molecule has 4 heteroatoms. The van der Waals surface area contributed by atoms with Crippen molar-refractivity contribution in [2.75, 3.05) is 6.54 Å². The van der Waals surface area contributed by atoms with E-state index in [9.17, 15) is 5.11 Å². The van der Waals surface area contributed by atoms with Gasteiger partial charge in [-0.3, -0.25) is 0 Å². The molecule has 13 heavy (non-hydrogen) atoms. The molecule has 0 saturated carbocycles. The second-order valence-corrected chi connectivity index (χ2v) is 3.73. The summed E-state index contributed by atoms with van der Waals surface area (Å²) in [4.78, 5) is 0. The number of nitrogens with one attached hydrogen (secondary N) is 1. The average molecular weight is 184 g/mol. The predicted octanol–water partition coefficient (Wildman–Crippen LogP) is 0.925. The first-order valence-electron chi connectivity index (χ1n) is 4.40. The Balaban J connectivity index is 2.09. The molecule has 0 spiro atoms. The molecule has 0 fully saturated rings. The van der Waals surface area contributed by atoms with Gasteiger partial charge in [0.25, 0.3) is 0 Å². The number of nitrogens with zero attached hydrogens (tertiary/aromatic N) is 1. The third kappa shape index (κ3) is 4.65. The van der Waals surface area contributed by atoms with E-state index in [0.717, 1.165) is 18.7 Å². The Morgan fingerprint density at radius 3 is 2.92 bits per heavy atom. The highest BCUT2D eigenvalue weighted by atomic mass is 16.5. The van der Waals surface area contributed by atoms with Crippen LogP contribution in [0.15, 0.2) is 16.9 Å². The molecule has 0 unspecified atom stereocenters. The number of aromatic nitrogens is 1. The van der Waals surface area contributed by atoms with E-state index in [1.54, 1.807) is 20.1 Å². The summed E-state index contributed by atoms with van der Waals surface area (Å²) in [5.41, 5.74) is 0.285. The van der Waals surface area contributed by atoms with Crippen LogP contribution in [0.2, 0.25) is 0 Å². The number of hydrogen-bond acceptors (Lipinski definition) is 4. The zero-order valence-corrected chi connectivity index (χ0v) is 8.08. The molecule has 0 radical (unpaired) electrons. The van der Waals surface area contributed by atoms with Gasteiger partial charge >= 0.3 is 0 Å². The molecule has 74 valence electrons. The molecular weight excluding hydrogens is 168 g/mol. The van der Waals surface area contributed by atoms with Gasteiger partial charge in [-0.2, -0.15) is 0 Å². The van der Waals surface area contributed by atoms with Crippen molar-refractivity contribution in [2.24, 2.45) is 0 Å². The SMILES string of the molecule is CC(C)(O)CCNCc1ccon1. The molecule has 2 N–H and O–H groups in total. The standard InChI is InChI=1S/C9H16N2O2/c1-9(2,12)4-5-10-7-8-3-6-13-11-8/h3,6,10,12H,4-5,7H2,1-2H3. The Hall–Kier alpha value is -0.870. The summed E-state index contributed by atoms with van der Waals surface area (Å²) in [6, 6.07) is 1.82. The molecule has 0 amide bonds. The number of aliphatic hydroxyl groups is 1. The Kier molecular flexibility index (Phi) is 3.45. The van der Waals surface area contributed by atoms with Crippen LogP contribution in [0.1, 0.15) is 26.0 Å². The maximum Gasteiger partial charge on any atom is 0.124 e. The van der Waals surface area contributed by atoms with Gasteiger partial charge in [0, 0.05) is 12.6 Å². The van der Waals surface area contributed by atoms with E-state index in [1.807, 2.05) is 6.07 Å². The fourth-order valence-electron chi connectivity index (χ4n) is 0.939. The molecule has 1 aromatic heterocycles. The summed E-state index contributed by atoms with van der Waals surface area (Å²) in [6.45, 7) is 5.05. The second kappa shape index (κ2) is 4.39. The molecule has 0 atom stereocenters. The highest BCUT2D eigenvalue weighted by Crippen LogP contribution is 2.05. The minimum Gasteiger partial charge on any atom is -0.390 e. The Morgan fingerprint density at radius 1 is 1.62 bits per heavy atom. The van der Waals surface area contributed by atoms with Gasteiger partial charge in [0.1, 0.15) is 6.26 Å². The lowest BCUT2D eigenvalue weighted by molar-refractivity contribution is 0.0711. The van der Waals surface area contributed by atoms with E-state index in [0.29, 0.717) is 6.54 Å². The fourth-order valence-corrected chi connectivity index (χ4v) is 0.939. The van der Waals surface area contributed by atoms with Gasteiger partial charge in [-0.1, -0.05) is 5.16 Å². The van der Waals surface area contributed by atoms with E-state index in [1.165, 1.54) is 0 Å². The lowest BCUT2D eigenvalue weighted by Gasteiger charge is -2.16. The molecule has 1 rings (SSSR count). The molecule has 0 aliphatic carbocycles. The van der Waals surface area contributed by atoms with Crippen LogP contribution in [0, 0.1) is 0 Å². The van der Waals surface area contributed by atoms with Crippen LogP contribution >= 0.6 is 0 Å². The molecule has 0 bridgehead atoms. The van der Waals surface area contributed by atoms with Crippen LogP contribution in [0.4, 0.5) is 0 Å². The first-order chi connectivity index (χ1) is 6.08. The summed E-state index contributed by atoms with van der Waals surface area (Å²) >= 11 is 0. The number of hydrogen-bond donors (Lipinski definition) is 2. The quantitative estimate of drug-likeness (QED) is 0.668. The van der Waals surface area contributed by atoms with Crippen molar-refractivity contribution in [2.45, 2.75) is 32.4 Å². The predicted molar refractivity (Wildman–Crippen MR) is 49.1 cm³/mol. The normalized spacial score (nSPS) is 11.9. The number of rotatable bonds is 5. The molecular formula is C9H16N2O2. The van der Waals surface area contributed by atoms with Crippen molar-refractivity contribution in [3.05, 3.63) is 18.0 Å². The van der Waals surface area contributed by atoms with Crippen molar-refractivity contribution in [3.8, 4) is 0 Å². The highest BCUT2D eigenvalue weighted by molar-refractivity contribution is 4.94. The van der Waals surface area contributed by atoms with E-state index in [2.05, 4.69) is 15.0 Å². The van der Waals surface area contributed by atoms with Gasteiger partial charge in [-0.05, 0) is 26.8 Å². The van der Waals surface area contributed by atoms with Crippen molar-refractivity contribution in [1.29, 1.82) is 0 Å². The van der Waals surface area contributed by atoms with Crippen molar-refractivity contribution < 1.29 is 9.63 Å². The van der Waals surface area contributed by atoms with E-state index < -0.39 is 5.60 Å². The minimum absolute atomic E-state index is 0.600. The van der Waals surface area contributed by atoms with Crippen LogP contribution in [-0.2, 0) is 6.54 Å². The highest BCUT2D eigenvalue weighted by Gasteiger charge is 2.10. The third-order valence-electron chi connectivity index (χ3n) is 1.71. The summed E-state index contributed by atoms with van der Waals surface area (Å²) < 4.78 is 4.67. The Bertz CT molecular complexity index is 226. The Labute approximate surface area is 77.9 Å². The van der Waals surface area contributed by atoms with E-state index >= 15 is 0 Å². The van der Waals surface area contributed by atoms with E-state index in [-0.39, 0.29) is 0 Å². The molecule has 1 aromatic rings. The molecule has 4 nitrogen and oxygen atoms in total. The largest absolute Gasteiger partial charge is 0.390 e. The summed E-state index contributed by atoms with van der Waals surface area (Å²) in [6.07, 6.45) is 2.28. The maximum atomic E-state index is 9.40. The van der Waals surface area contributed by atoms with Crippen LogP contribution in [0.3, 0.4) is 0 Å². The first kappa shape index (κ1) is 10.2. The van der Waals surface area contributed by atoms with Crippen LogP contribution < -0.4 is 5.32 Å². The zero-order chi connectivity index (χ0) is 9.73. The van der Waals surface area contributed by atoms with Gasteiger partial charge in [-0.15, -0.1) is 0 Å². The molecule has 1 heterocycles. The molecule has 0 aliphatic rings. The smallest absolute Gasteiger partial charge is 0.124 e. The zero-order valence-electron chi connectivity index (χ0n) is 8.08. The van der Waals surface area contributed by atoms with Gasteiger partial charge in [0.15, 0.2) is 0 Å². The summed E-state index contributed by atoms with van der Waals surface area (Å²) in [5.74, 6) is 0.